The van der Waals surface area contributed by atoms with E-state index in [0.717, 1.165) is 17.4 Å². The second kappa shape index (κ2) is 14.5. The number of carbonyl (C=O) groups is 3. The second-order valence-corrected chi connectivity index (χ2v) is 12.1. The zero-order valence-corrected chi connectivity index (χ0v) is 27.3. The number of para-hydroxylation sites is 1. The van der Waals surface area contributed by atoms with E-state index in [1.165, 1.54) is 17.7 Å². The van der Waals surface area contributed by atoms with Crippen LogP contribution in [0.4, 0.5) is 10.7 Å². The fourth-order valence-electron chi connectivity index (χ4n) is 5.32. The van der Waals surface area contributed by atoms with Gasteiger partial charge in [-0.1, -0.05) is 24.3 Å². The van der Waals surface area contributed by atoms with E-state index < -0.39 is 35.3 Å². The number of allylic oxidation sites excluding steroid dienone is 2. The summed E-state index contributed by atoms with van der Waals surface area (Å²) in [4.78, 5) is 72.1. The average molecular weight is 638 g/mol. The molecule has 2 amide bonds. The molecule has 1 aromatic carbocycles. The van der Waals surface area contributed by atoms with Gasteiger partial charge < -0.3 is 29.6 Å². The highest BCUT2D eigenvalue weighted by atomic mass is 16.6. The van der Waals surface area contributed by atoms with E-state index in [1.54, 1.807) is 50.5 Å². The molecule has 0 radical (unpaired) electrons. The maximum atomic E-state index is 14.0. The van der Waals surface area contributed by atoms with Crippen LogP contribution in [0.2, 0.25) is 0 Å². The van der Waals surface area contributed by atoms with Gasteiger partial charge >= 0.3 is 11.8 Å². The predicted octanol–water partition coefficient (Wildman–Crippen LogP) is 2.36. The Bertz CT molecular complexity index is 1750. The number of ketones is 1. The van der Waals surface area contributed by atoms with Crippen LogP contribution in [-0.4, -0.2) is 74.4 Å². The van der Waals surface area contributed by atoms with Crippen LogP contribution in [0.5, 0.6) is 5.75 Å². The number of amides is 2. The maximum Gasteiger partial charge on any atom is 0.407 e. The Hall–Kier alpha value is -4.88. The Labute approximate surface area is 267 Å². The zero-order chi connectivity index (χ0) is 33.6. The summed E-state index contributed by atoms with van der Waals surface area (Å²) in [6.07, 6.45) is 4.71. The van der Waals surface area contributed by atoms with E-state index in [-0.39, 0.29) is 41.0 Å². The molecule has 1 fully saturated rings. The maximum absolute atomic E-state index is 14.0. The van der Waals surface area contributed by atoms with Crippen LogP contribution in [-0.2, 0) is 29.7 Å². The van der Waals surface area contributed by atoms with Gasteiger partial charge in [0.15, 0.2) is 23.6 Å². The average Bonchev–Trinajstić information content (AvgIpc) is 3.39. The molecule has 0 unspecified atom stereocenters. The molecule has 1 aliphatic heterocycles. The van der Waals surface area contributed by atoms with Gasteiger partial charge in [0.05, 0.1) is 12.1 Å². The van der Waals surface area contributed by atoms with Gasteiger partial charge in [0.1, 0.15) is 11.4 Å². The summed E-state index contributed by atoms with van der Waals surface area (Å²) in [7, 11) is 1.51. The molecule has 46 heavy (non-hydrogen) atoms. The fourth-order valence-corrected chi connectivity index (χ4v) is 5.32. The number of anilines is 1. The Kier molecular flexibility index (Phi) is 10.7. The van der Waals surface area contributed by atoms with Crippen LogP contribution >= 0.6 is 0 Å². The van der Waals surface area contributed by atoms with Crippen LogP contribution in [0.15, 0.2) is 46.0 Å². The number of rotatable bonds is 11. The third-order valence-electron chi connectivity index (χ3n) is 7.38. The van der Waals surface area contributed by atoms with E-state index in [9.17, 15) is 24.0 Å². The molecule has 0 spiro atoms. The summed E-state index contributed by atoms with van der Waals surface area (Å²) >= 11 is 0. The number of hydrogen-bond acceptors (Lipinski definition) is 9. The first-order valence-electron chi connectivity index (χ1n) is 15.4. The number of nitrogens with one attached hydrogen (secondary N) is 2. The first-order valence-corrected chi connectivity index (χ1v) is 15.4. The number of likely N-dealkylation sites (N-methyl/N-ethyl adjacent to an activating group) is 1. The number of aromatic nitrogens is 4. The molecule has 1 aliphatic rings. The molecule has 1 atom stereocenters. The third-order valence-corrected chi connectivity index (χ3v) is 7.38. The molecule has 0 bridgehead atoms. The fraction of sp³-hybridized carbons (Fsp3) is 0.500. The minimum absolute atomic E-state index is 0.140. The molecule has 0 saturated carbocycles. The first kappa shape index (κ1) is 34.0. The molecular formula is C32H43N7O7. The summed E-state index contributed by atoms with van der Waals surface area (Å²) in [6.45, 7) is 9.99. The smallest absolute Gasteiger partial charge is 0.407 e. The predicted molar refractivity (Wildman–Crippen MR) is 174 cm³/mol. The van der Waals surface area contributed by atoms with E-state index >= 15 is 0 Å². The number of aryl methyl sites for hydroxylation is 1. The van der Waals surface area contributed by atoms with Gasteiger partial charge in [0.25, 0.3) is 11.5 Å². The third kappa shape index (κ3) is 7.85. The second-order valence-electron chi connectivity index (χ2n) is 12.1. The molecule has 2 N–H and O–H groups in total. The van der Waals surface area contributed by atoms with Crippen LogP contribution in [0.3, 0.4) is 0 Å². The van der Waals surface area contributed by atoms with Crippen LogP contribution in [0, 0.1) is 0 Å². The highest BCUT2D eigenvalue weighted by Crippen LogP contribution is 2.24. The number of alkyl carbamates (subject to hydrolysis) is 1. The number of imidazole rings is 1. The van der Waals surface area contributed by atoms with Crippen molar-refractivity contribution in [2.45, 2.75) is 72.2 Å². The van der Waals surface area contributed by atoms with E-state index in [1.807, 2.05) is 24.0 Å². The lowest BCUT2D eigenvalue weighted by Gasteiger charge is -2.34. The summed E-state index contributed by atoms with van der Waals surface area (Å²) in [6, 6.07) is 6.16. The highest BCUT2D eigenvalue weighted by molar-refractivity contribution is 5.98. The quantitative estimate of drug-likeness (QED) is 0.238. The van der Waals surface area contributed by atoms with Crippen molar-refractivity contribution in [1.82, 2.24) is 29.3 Å². The molecule has 3 aromatic rings. The van der Waals surface area contributed by atoms with E-state index in [0.29, 0.717) is 32.1 Å². The van der Waals surface area contributed by atoms with Crippen molar-refractivity contribution in [1.29, 1.82) is 0 Å². The Balaban J connectivity index is 1.69. The van der Waals surface area contributed by atoms with Crippen molar-refractivity contribution in [2.75, 3.05) is 31.1 Å². The molecule has 3 heterocycles. The zero-order valence-electron chi connectivity index (χ0n) is 27.3. The molecule has 0 aliphatic carbocycles. The summed E-state index contributed by atoms with van der Waals surface area (Å²) in [5.41, 5.74) is -1.49. The Morgan fingerprint density at radius 2 is 1.87 bits per heavy atom. The van der Waals surface area contributed by atoms with Crippen molar-refractivity contribution in [3.05, 3.63) is 62.8 Å². The Morgan fingerprint density at radius 3 is 2.57 bits per heavy atom. The van der Waals surface area contributed by atoms with Gasteiger partial charge in [-0.15, -0.1) is 0 Å². The molecule has 4 rings (SSSR count). The van der Waals surface area contributed by atoms with Crippen molar-refractivity contribution >= 4 is 34.9 Å². The summed E-state index contributed by atoms with van der Waals surface area (Å²) < 4.78 is 14.9. The van der Waals surface area contributed by atoms with Crippen molar-refractivity contribution in [2.24, 2.45) is 7.05 Å². The van der Waals surface area contributed by atoms with Gasteiger partial charge in [-0.25, -0.2) is 9.59 Å². The van der Waals surface area contributed by atoms with Gasteiger partial charge in [0.2, 0.25) is 5.95 Å². The van der Waals surface area contributed by atoms with Gasteiger partial charge in [0, 0.05) is 39.3 Å². The van der Waals surface area contributed by atoms with Crippen molar-refractivity contribution in [3.8, 4) is 5.75 Å². The lowest BCUT2D eigenvalue weighted by Crippen LogP contribution is -2.49. The minimum atomic E-state index is -0.697. The van der Waals surface area contributed by atoms with Crippen LogP contribution in [0.1, 0.15) is 57.8 Å². The van der Waals surface area contributed by atoms with Gasteiger partial charge in [-0.2, -0.15) is 4.98 Å². The van der Waals surface area contributed by atoms with Crippen LogP contribution < -0.4 is 31.5 Å². The molecular weight excluding hydrogens is 594 g/mol. The number of ether oxygens (including phenoxy) is 2. The molecule has 14 nitrogen and oxygen atoms in total. The molecule has 1 saturated heterocycles. The van der Waals surface area contributed by atoms with Crippen molar-refractivity contribution < 1.29 is 23.9 Å². The molecule has 2 aromatic heterocycles. The SMILES string of the molecule is C/C=C/Cn1c(N2CCC[C@@H](NC(=O)OC(C)(C)C)C2)nc2c1c(=O)n(CC(=O)c1ccccc1OCC(=O)NCC)c(=O)n2C. The number of piperidine rings is 1. The standard InChI is InChI=1S/C32H43N7O7/c1-7-9-17-38-26-27(35-29(38)37-16-12-13-21(18-37)34-30(43)46-32(3,4)5)36(6)31(44)39(28(26)42)19-23(40)22-14-10-11-15-24(22)45-20-25(41)33-8-2/h7,9-11,14-15,21H,8,12-13,16-20H2,1-6H3,(H,33,41)(H,34,43)/b9-7+/t21-/m1/s1. The normalized spacial score (nSPS) is 15.3. The molecule has 14 heteroatoms. The number of Topliss-reactive ketones (excluding diaryl/α,β-unsaturated/α-hetero) is 1. The Morgan fingerprint density at radius 1 is 1.13 bits per heavy atom. The van der Waals surface area contributed by atoms with Crippen LogP contribution in [0.25, 0.3) is 11.2 Å². The van der Waals surface area contributed by atoms with Gasteiger partial charge in [-0.05, 0) is 59.6 Å². The summed E-state index contributed by atoms with van der Waals surface area (Å²) in [5, 5.41) is 5.56. The minimum Gasteiger partial charge on any atom is -0.483 e. The number of carbonyl (C=O) groups excluding carboxylic acids is 3. The van der Waals surface area contributed by atoms with E-state index in [4.69, 9.17) is 14.5 Å². The highest BCUT2D eigenvalue weighted by Gasteiger charge is 2.29. The number of fused-ring (bicyclic) bond motifs is 1. The topological polar surface area (TPSA) is 159 Å². The number of nitrogens with zero attached hydrogens (tertiary/aromatic N) is 5. The lowest BCUT2D eigenvalue weighted by atomic mass is 10.1. The molecule has 248 valence electrons. The first-order chi connectivity index (χ1) is 21.8. The lowest BCUT2D eigenvalue weighted by molar-refractivity contribution is -0.123. The number of benzene rings is 1. The van der Waals surface area contributed by atoms with Crippen molar-refractivity contribution in [3.63, 3.8) is 0 Å². The van der Waals surface area contributed by atoms with E-state index in [2.05, 4.69) is 10.6 Å². The number of hydrogen-bond donors (Lipinski definition) is 2. The monoisotopic (exact) mass is 637 g/mol. The summed E-state index contributed by atoms with van der Waals surface area (Å²) in [5.74, 6) is -0.225. The van der Waals surface area contributed by atoms with Gasteiger partial charge in [-0.3, -0.25) is 23.5 Å². The largest absolute Gasteiger partial charge is 0.483 e.